The number of carboxylic acids is 1. The molecule has 0 saturated heterocycles. The summed E-state index contributed by atoms with van der Waals surface area (Å²) in [6, 6.07) is 0. The van der Waals surface area contributed by atoms with Gasteiger partial charge in [-0.2, -0.15) is 0 Å². The van der Waals surface area contributed by atoms with Crippen LogP contribution < -0.4 is 0 Å². The van der Waals surface area contributed by atoms with Gasteiger partial charge in [-0.3, -0.25) is 9.59 Å². The lowest BCUT2D eigenvalue weighted by Crippen LogP contribution is -2.39. The molecule has 0 rings (SSSR count). The van der Waals surface area contributed by atoms with Gasteiger partial charge in [-0.25, -0.2) is 0 Å². The van der Waals surface area contributed by atoms with E-state index in [0.717, 1.165) is 0 Å². The lowest BCUT2D eigenvalue weighted by Gasteiger charge is -2.23. The summed E-state index contributed by atoms with van der Waals surface area (Å²) in [4.78, 5) is 23.6. The smallest absolute Gasteiger partial charge is 0.308 e. The number of carbonyl (C=O) groups excluding carboxylic acids is 1. The lowest BCUT2D eigenvalue weighted by atomic mass is 10.1. The second-order valence-electron chi connectivity index (χ2n) is 3.59. The Balaban J connectivity index is 4.29. The van der Waals surface area contributed by atoms with E-state index in [9.17, 15) is 9.59 Å². The number of methoxy groups -OCH3 is 1. The van der Waals surface area contributed by atoms with E-state index in [1.165, 1.54) is 18.9 Å². The highest BCUT2D eigenvalue weighted by Gasteiger charge is 2.19. The first-order chi connectivity index (χ1) is 7.52. The van der Waals surface area contributed by atoms with Gasteiger partial charge in [0.1, 0.15) is 6.61 Å². The molecule has 0 spiro atoms. The molecule has 94 valence electrons. The molecule has 1 atom stereocenters. The highest BCUT2D eigenvalue weighted by Crippen LogP contribution is 2.02. The van der Waals surface area contributed by atoms with Crippen LogP contribution in [0.1, 0.15) is 13.3 Å². The maximum atomic E-state index is 11.5. The van der Waals surface area contributed by atoms with Crippen LogP contribution in [0.4, 0.5) is 0 Å². The second kappa shape index (κ2) is 8.06. The van der Waals surface area contributed by atoms with E-state index >= 15 is 0 Å². The number of nitrogens with zero attached hydrogens (tertiary/aromatic N) is 1. The van der Waals surface area contributed by atoms with Crippen molar-refractivity contribution in [2.45, 2.75) is 13.3 Å². The van der Waals surface area contributed by atoms with Crippen molar-refractivity contribution in [2.75, 3.05) is 33.4 Å². The van der Waals surface area contributed by atoms with E-state index in [-0.39, 0.29) is 25.7 Å². The first kappa shape index (κ1) is 14.9. The predicted octanol–water partition coefficient (Wildman–Crippen LogP) is -0.435. The van der Waals surface area contributed by atoms with Crippen LogP contribution in [0.5, 0.6) is 0 Å². The Kier molecular flexibility index (Phi) is 7.49. The fourth-order valence-electron chi connectivity index (χ4n) is 1.20. The Bertz CT molecular complexity index is 231. The zero-order valence-corrected chi connectivity index (χ0v) is 9.68. The van der Waals surface area contributed by atoms with Crippen LogP contribution in [-0.2, 0) is 14.3 Å². The van der Waals surface area contributed by atoms with Gasteiger partial charge in [0.2, 0.25) is 5.91 Å². The number of amides is 1. The van der Waals surface area contributed by atoms with Crippen molar-refractivity contribution in [2.24, 2.45) is 5.92 Å². The molecule has 0 radical (unpaired) electrons. The van der Waals surface area contributed by atoms with Gasteiger partial charge < -0.3 is 19.8 Å². The summed E-state index contributed by atoms with van der Waals surface area (Å²) in [7, 11) is 1.41. The van der Waals surface area contributed by atoms with Gasteiger partial charge >= 0.3 is 5.97 Å². The van der Waals surface area contributed by atoms with Crippen molar-refractivity contribution in [3.05, 3.63) is 0 Å². The first-order valence-electron chi connectivity index (χ1n) is 5.13. The topological polar surface area (TPSA) is 87.1 Å². The highest BCUT2D eigenvalue weighted by molar-refractivity contribution is 5.78. The molecule has 0 bridgehead atoms. The summed E-state index contributed by atoms with van der Waals surface area (Å²) < 4.78 is 4.71. The molecular formula is C10H19NO5. The Morgan fingerprint density at radius 2 is 2.06 bits per heavy atom. The minimum Gasteiger partial charge on any atom is -0.481 e. The SMILES string of the molecule is COCC(=O)N(CCCO)CC(C)C(=O)O. The number of carboxylic acid groups (broad SMARTS) is 1. The van der Waals surface area contributed by atoms with Gasteiger partial charge in [-0.05, 0) is 6.42 Å². The summed E-state index contributed by atoms with van der Waals surface area (Å²) in [6.07, 6.45) is 0.432. The van der Waals surface area contributed by atoms with Gasteiger partial charge in [-0.15, -0.1) is 0 Å². The minimum absolute atomic E-state index is 0.0295. The summed E-state index contributed by atoms with van der Waals surface area (Å²) in [5.41, 5.74) is 0. The molecule has 0 aromatic carbocycles. The number of ether oxygens (including phenoxy) is 1. The Morgan fingerprint density at radius 3 is 2.50 bits per heavy atom. The van der Waals surface area contributed by atoms with Crippen LogP contribution in [-0.4, -0.2) is 60.4 Å². The number of hydrogen-bond acceptors (Lipinski definition) is 4. The van der Waals surface area contributed by atoms with Gasteiger partial charge in [0.05, 0.1) is 5.92 Å². The van der Waals surface area contributed by atoms with Crippen LogP contribution in [0.15, 0.2) is 0 Å². The average Bonchev–Trinajstić information content (AvgIpc) is 2.23. The molecule has 0 saturated carbocycles. The maximum Gasteiger partial charge on any atom is 0.308 e. The maximum absolute atomic E-state index is 11.5. The van der Waals surface area contributed by atoms with E-state index in [0.29, 0.717) is 13.0 Å². The Labute approximate surface area is 94.8 Å². The van der Waals surface area contributed by atoms with E-state index in [4.69, 9.17) is 14.9 Å². The van der Waals surface area contributed by atoms with Crippen molar-refractivity contribution in [1.29, 1.82) is 0 Å². The molecule has 0 aliphatic heterocycles. The number of hydrogen-bond donors (Lipinski definition) is 2. The summed E-state index contributed by atoms with van der Waals surface area (Å²) in [5.74, 6) is -1.83. The van der Waals surface area contributed by atoms with Crippen molar-refractivity contribution < 1.29 is 24.5 Å². The van der Waals surface area contributed by atoms with Crippen LogP contribution in [0.3, 0.4) is 0 Å². The molecule has 0 aliphatic rings. The third kappa shape index (κ3) is 5.67. The number of aliphatic hydroxyl groups excluding tert-OH is 1. The number of carbonyl (C=O) groups is 2. The minimum atomic E-state index is -0.945. The van der Waals surface area contributed by atoms with Gasteiger partial charge in [0, 0.05) is 26.8 Å². The third-order valence-electron chi connectivity index (χ3n) is 2.12. The second-order valence-corrected chi connectivity index (χ2v) is 3.59. The number of rotatable bonds is 8. The quantitative estimate of drug-likeness (QED) is 0.593. The van der Waals surface area contributed by atoms with Crippen molar-refractivity contribution in [3.8, 4) is 0 Å². The van der Waals surface area contributed by atoms with Crippen molar-refractivity contribution in [1.82, 2.24) is 4.90 Å². The van der Waals surface area contributed by atoms with E-state index < -0.39 is 11.9 Å². The number of aliphatic carboxylic acids is 1. The van der Waals surface area contributed by atoms with Crippen LogP contribution >= 0.6 is 0 Å². The molecule has 6 heteroatoms. The molecule has 0 aromatic rings. The van der Waals surface area contributed by atoms with Crippen molar-refractivity contribution in [3.63, 3.8) is 0 Å². The summed E-state index contributed by atoms with van der Waals surface area (Å²) in [5, 5.41) is 17.4. The number of aliphatic hydroxyl groups is 1. The van der Waals surface area contributed by atoms with E-state index in [2.05, 4.69) is 0 Å². The third-order valence-corrected chi connectivity index (χ3v) is 2.12. The average molecular weight is 233 g/mol. The molecule has 1 amide bonds. The van der Waals surface area contributed by atoms with Gasteiger partial charge in [0.15, 0.2) is 0 Å². The van der Waals surface area contributed by atoms with Crippen LogP contribution in [0.2, 0.25) is 0 Å². The molecule has 0 aliphatic carbocycles. The van der Waals surface area contributed by atoms with Crippen molar-refractivity contribution >= 4 is 11.9 Å². The standard InChI is InChI=1S/C10H19NO5/c1-8(10(14)15)6-11(4-3-5-12)9(13)7-16-2/h8,12H,3-7H2,1-2H3,(H,14,15). The largest absolute Gasteiger partial charge is 0.481 e. The van der Waals surface area contributed by atoms with E-state index in [1.807, 2.05) is 0 Å². The molecular weight excluding hydrogens is 214 g/mol. The first-order valence-corrected chi connectivity index (χ1v) is 5.13. The lowest BCUT2D eigenvalue weighted by molar-refractivity contribution is -0.143. The normalized spacial score (nSPS) is 12.2. The fourth-order valence-corrected chi connectivity index (χ4v) is 1.20. The molecule has 0 aromatic heterocycles. The van der Waals surface area contributed by atoms with Gasteiger partial charge in [-0.1, -0.05) is 6.92 Å². The summed E-state index contributed by atoms with van der Waals surface area (Å²) in [6.45, 7) is 1.91. The molecule has 0 heterocycles. The Morgan fingerprint density at radius 1 is 1.44 bits per heavy atom. The van der Waals surface area contributed by atoms with Crippen LogP contribution in [0.25, 0.3) is 0 Å². The monoisotopic (exact) mass is 233 g/mol. The molecule has 16 heavy (non-hydrogen) atoms. The molecule has 2 N–H and O–H groups in total. The molecule has 0 fully saturated rings. The Hall–Kier alpha value is -1.14. The molecule has 1 unspecified atom stereocenters. The fraction of sp³-hybridized carbons (Fsp3) is 0.800. The van der Waals surface area contributed by atoms with Gasteiger partial charge in [0.25, 0.3) is 0 Å². The zero-order valence-electron chi connectivity index (χ0n) is 9.68. The molecule has 6 nitrogen and oxygen atoms in total. The van der Waals surface area contributed by atoms with E-state index in [1.54, 1.807) is 0 Å². The highest BCUT2D eigenvalue weighted by atomic mass is 16.5. The van der Waals surface area contributed by atoms with Crippen LogP contribution in [0, 0.1) is 5.92 Å². The zero-order chi connectivity index (χ0) is 12.6. The summed E-state index contributed by atoms with van der Waals surface area (Å²) >= 11 is 0. The predicted molar refractivity (Wildman–Crippen MR) is 57.0 cm³/mol.